The Kier molecular flexibility index (Phi) is 8.55. The number of amides is 3. The number of esters is 1. The molecule has 178 valence electrons. The van der Waals surface area contributed by atoms with Gasteiger partial charge in [-0.15, -0.1) is 0 Å². The van der Waals surface area contributed by atoms with E-state index in [1.165, 1.54) is 55.1 Å². The number of nitrogens with one attached hydrogen (secondary N) is 3. The molecule has 0 heterocycles. The van der Waals surface area contributed by atoms with Crippen LogP contribution in [0.3, 0.4) is 0 Å². The summed E-state index contributed by atoms with van der Waals surface area (Å²) in [5.74, 6) is -0.877. The van der Waals surface area contributed by atoms with Crippen molar-refractivity contribution in [2.45, 2.75) is 44.7 Å². The van der Waals surface area contributed by atoms with Crippen LogP contribution in [0.15, 0.2) is 53.4 Å². The second-order valence-electron chi connectivity index (χ2n) is 7.63. The largest absolute Gasteiger partial charge is 0.425 e. The fourth-order valence-electron chi connectivity index (χ4n) is 2.67. The molecule has 1 atom stereocenters. The van der Waals surface area contributed by atoms with Gasteiger partial charge in [-0.1, -0.05) is 0 Å². The van der Waals surface area contributed by atoms with E-state index in [1.807, 2.05) is 13.8 Å². The molecule has 33 heavy (non-hydrogen) atoms. The summed E-state index contributed by atoms with van der Waals surface area (Å²) >= 11 is 0. The first kappa shape index (κ1) is 25.8. The lowest BCUT2D eigenvalue weighted by atomic mass is 10.3. The molecule has 10 nitrogen and oxygen atoms in total. The van der Waals surface area contributed by atoms with Crippen molar-refractivity contribution in [2.24, 2.45) is 0 Å². The van der Waals surface area contributed by atoms with Gasteiger partial charge in [0.2, 0.25) is 15.9 Å². The third-order valence-corrected chi connectivity index (χ3v) is 5.89. The van der Waals surface area contributed by atoms with Gasteiger partial charge < -0.3 is 15.4 Å². The van der Waals surface area contributed by atoms with Crippen molar-refractivity contribution in [3.05, 3.63) is 48.5 Å². The van der Waals surface area contributed by atoms with Crippen LogP contribution >= 0.6 is 0 Å². The number of benzene rings is 2. The van der Waals surface area contributed by atoms with E-state index in [4.69, 9.17) is 4.74 Å². The molecule has 2 aromatic rings. The number of carbonyl (C=O) groups is 3. The quantitative estimate of drug-likeness (QED) is 0.396. The van der Waals surface area contributed by atoms with Crippen LogP contribution in [0.4, 0.5) is 16.2 Å². The van der Waals surface area contributed by atoms with Gasteiger partial charge in [0.1, 0.15) is 11.8 Å². The summed E-state index contributed by atoms with van der Waals surface area (Å²) in [5, 5.41) is 5.31. The molecule has 0 fully saturated rings. The third kappa shape index (κ3) is 7.58. The molecule has 0 spiro atoms. The topological polar surface area (TPSA) is 134 Å². The van der Waals surface area contributed by atoms with Crippen molar-refractivity contribution in [1.82, 2.24) is 10.0 Å². The molecule has 0 saturated heterocycles. The lowest BCUT2D eigenvalue weighted by Crippen LogP contribution is -2.41. The van der Waals surface area contributed by atoms with Crippen molar-refractivity contribution in [1.29, 1.82) is 0 Å². The molecule has 0 bridgehead atoms. The fourth-order valence-corrected chi connectivity index (χ4v) is 3.87. The molecule has 2 rings (SSSR count). The first-order chi connectivity index (χ1) is 15.4. The first-order valence-corrected chi connectivity index (χ1v) is 11.6. The lowest BCUT2D eigenvalue weighted by Gasteiger charge is -2.20. The second kappa shape index (κ2) is 10.9. The highest BCUT2D eigenvalue weighted by atomic mass is 32.2. The van der Waals surface area contributed by atoms with E-state index in [2.05, 4.69) is 15.4 Å². The van der Waals surface area contributed by atoms with E-state index < -0.39 is 22.0 Å². The van der Waals surface area contributed by atoms with E-state index >= 15 is 0 Å². The number of urea groups is 1. The van der Waals surface area contributed by atoms with Crippen LogP contribution in [0, 0.1) is 0 Å². The molecule has 0 radical (unpaired) electrons. The van der Waals surface area contributed by atoms with Gasteiger partial charge in [-0.25, -0.2) is 18.0 Å². The molecule has 0 saturated carbocycles. The van der Waals surface area contributed by atoms with Crippen molar-refractivity contribution in [3.63, 3.8) is 0 Å². The lowest BCUT2D eigenvalue weighted by molar-refractivity contribution is -0.135. The van der Waals surface area contributed by atoms with Crippen LogP contribution < -0.4 is 25.0 Å². The average molecular weight is 477 g/mol. The normalized spacial score (nSPS) is 12.1. The summed E-state index contributed by atoms with van der Waals surface area (Å²) in [6.45, 7) is 6.41. The van der Waals surface area contributed by atoms with Crippen LogP contribution in [-0.2, 0) is 19.6 Å². The molecule has 0 aliphatic rings. The molecule has 3 N–H and O–H groups in total. The van der Waals surface area contributed by atoms with Gasteiger partial charge in [0.05, 0.1) is 4.90 Å². The van der Waals surface area contributed by atoms with Crippen molar-refractivity contribution in [3.8, 4) is 5.75 Å². The predicted octanol–water partition coefficient (Wildman–Crippen LogP) is 2.47. The van der Waals surface area contributed by atoms with Crippen LogP contribution in [-0.4, -0.2) is 45.5 Å². The molecule has 2 aromatic carbocycles. The highest BCUT2D eigenvalue weighted by Crippen LogP contribution is 2.20. The summed E-state index contributed by atoms with van der Waals surface area (Å²) in [4.78, 5) is 36.9. The minimum atomic E-state index is -3.99. The Labute approximate surface area is 193 Å². The van der Waals surface area contributed by atoms with E-state index in [-0.39, 0.29) is 28.6 Å². The summed E-state index contributed by atoms with van der Waals surface area (Å²) in [6.07, 6.45) is 0. The molecule has 0 aliphatic carbocycles. The number of rotatable bonds is 8. The summed E-state index contributed by atoms with van der Waals surface area (Å²) in [5.41, 5.74) is 1.04. The van der Waals surface area contributed by atoms with Crippen LogP contribution in [0.1, 0.15) is 27.7 Å². The number of carbonyl (C=O) groups excluding carboxylic acids is 3. The van der Waals surface area contributed by atoms with Gasteiger partial charge in [0.15, 0.2) is 0 Å². The zero-order chi connectivity index (χ0) is 24.8. The molecular formula is C22H28N4O6S. The molecule has 0 unspecified atom stereocenters. The molecular weight excluding hydrogens is 448 g/mol. The minimum absolute atomic E-state index is 0.0133. The highest BCUT2D eigenvalue weighted by Gasteiger charge is 2.24. The maximum atomic E-state index is 12.5. The molecule has 0 aromatic heterocycles. The Hall–Kier alpha value is -3.44. The summed E-state index contributed by atoms with van der Waals surface area (Å²) < 4.78 is 32.6. The highest BCUT2D eigenvalue weighted by molar-refractivity contribution is 7.89. The van der Waals surface area contributed by atoms with Crippen LogP contribution in [0.25, 0.3) is 0 Å². The van der Waals surface area contributed by atoms with Gasteiger partial charge in [0.25, 0.3) is 0 Å². The SMILES string of the molecule is CC(=O)Nc1ccc(S(=O)(=O)N[C@@H](C)C(=O)Oc2ccc(N(C)C(=O)NC(C)C)cc2)cc1. The Morgan fingerprint density at radius 2 is 1.52 bits per heavy atom. The number of ether oxygens (including phenoxy) is 1. The van der Waals surface area contributed by atoms with Crippen molar-refractivity contribution >= 4 is 39.3 Å². The standard InChI is InChI=1S/C22H28N4O6S/c1-14(2)23-22(29)26(5)18-8-10-19(11-9-18)32-21(28)15(3)25-33(30,31)20-12-6-17(7-13-20)24-16(4)27/h6-15,25H,1-5H3,(H,23,29)(H,24,27)/t15-/m0/s1. The van der Waals surface area contributed by atoms with Crippen molar-refractivity contribution < 1.29 is 27.5 Å². The fraction of sp³-hybridized carbons (Fsp3) is 0.318. The number of sulfonamides is 1. The minimum Gasteiger partial charge on any atom is -0.425 e. The average Bonchev–Trinajstić information content (AvgIpc) is 2.73. The smallest absolute Gasteiger partial charge is 0.329 e. The monoisotopic (exact) mass is 476 g/mol. The predicted molar refractivity (Wildman–Crippen MR) is 125 cm³/mol. The van der Waals surface area contributed by atoms with E-state index in [1.54, 1.807) is 19.2 Å². The van der Waals surface area contributed by atoms with Crippen LogP contribution in [0.2, 0.25) is 0 Å². The van der Waals surface area contributed by atoms with E-state index in [0.717, 1.165) is 0 Å². The number of anilines is 2. The Bertz CT molecular complexity index is 1100. The van der Waals surface area contributed by atoms with Gasteiger partial charge in [-0.3, -0.25) is 9.69 Å². The maximum Gasteiger partial charge on any atom is 0.329 e. The number of hydrogen-bond donors (Lipinski definition) is 3. The van der Waals surface area contributed by atoms with Gasteiger partial charge in [-0.2, -0.15) is 4.72 Å². The van der Waals surface area contributed by atoms with E-state index in [9.17, 15) is 22.8 Å². The first-order valence-electron chi connectivity index (χ1n) is 10.1. The summed E-state index contributed by atoms with van der Waals surface area (Å²) in [7, 11) is -2.38. The molecule has 0 aliphatic heterocycles. The summed E-state index contributed by atoms with van der Waals surface area (Å²) in [6, 6.07) is 10.3. The number of hydrogen-bond acceptors (Lipinski definition) is 6. The third-order valence-electron chi connectivity index (χ3n) is 4.33. The van der Waals surface area contributed by atoms with E-state index in [0.29, 0.717) is 11.4 Å². The molecule has 3 amide bonds. The zero-order valence-electron chi connectivity index (χ0n) is 19.1. The Morgan fingerprint density at radius 1 is 0.939 bits per heavy atom. The second-order valence-corrected chi connectivity index (χ2v) is 9.34. The van der Waals surface area contributed by atoms with Crippen molar-refractivity contribution in [2.75, 3.05) is 17.3 Å². The Morgan fingerprint density at radius 3 is 2.03 bits per heavy atom. The Balaban J connectivity index is 1.99. The molecule has 11 heteroatoms. The van der Waals surface area contributed by atoms with Crippen LogP contribution in [0.5, 0.6) is 5.75 Å². The zero-order valence-corrected chi connectivity index (χ0v) is 19.9. The van der Waals surface area contributed by atoms with Gasteiger partial charge in [0, 0.05) is 31.4 Å². The number of nitrogens with zero attached hydrogens (tertiary/aromatic N) is 1. The van der Waals surface area contributed by atoms with Gasteiger partial charge in [-0.05, 0) is 69.3 Å². The van der Waals surface area contributed by atoms with Gasteiger partial charge >= 0.3 is 12.0 Å². The maximum absolute atomic E-state index is 12.5.